The number of carbonyl (C=O) groups excluding carboxylic acids is 2. The highest BCUT2D eigenvalue weighted by Gasteiger charge is 2.35. The molecule has 1 atom stereocenters. The van der Waals surface area contributed by atoms with Crippen molar-refractivity contribution in [3.05, 3.63) is 29.3 Å². The van der Waals surface area contributed by atoms with E-state index in [4.69, 9.17) is 0 Å². The molecule has 0 saturated carbocycles. The van der Waals surface area contributed by atoms with Crippen LogP contribution in [0.25, 0.3) is 0 Å². The Labute approximate surface area is 147 Å². The summed E-state index contributed by atoms with van der Waals surface area (Å²) in [5.74, 6) is -1.26. The molecule has 1 unspecified atom stereocenters. The van der Waals surface area contributed by atoms with Crippen LogP contribution < -0.4 is 5.32 Å². The van der Waals surface area contributed by atoms with E-state index in [-0.39, 0.29) is 21.9 Å². The molecule has 0 spiro atoms. The second-order valence-electron chi connectivity index (χ2n) is 5.77. The zero-order valence-electron chi connectivity index (χ0n) is 14.4. The Morgan fingerprint density at radius 3 is 2.52 bits per heavy atom. The van der Waals surface area contributed by atoms with Crippen LogP contribution in [0.4, 0.5) is 0 Å². The van der Waals surface area contributed by atoms with Gasteiger partial charge in [-0.25, -0.2) is 18.0 Å². The first kappa shape index (κ1) is 19.4. The molecular formula is C16H22N2O6S. The minimum Gasteiger partial charge on any atom is -0.465 e. The third-order valence-corrected chi connectivity index (χ3v) is 6.07. The lowest BCUT2D eigenvalue weighted by Gasteiger charge is -2.19. The van der Waals surface area contributed by atoms with Crippen LogP contribution >= 0.6 is 0 Å². The van der Waals surface area contributed by atoms with Gasteiger partial charge in [0.05, 0.1) is 30.2 Å². The summed E-state index contributed by atoms with van der Waals surface area (Å²) >= 11 is 0. The summed E-state index contributed by atoms with van der Waals surface area (Å²) in [5, 5.41) is 3.04. The number of esters is 2. The van der Waals surface area contributed by atoms with Crippen molar-refractivity contribution >= 4 is 22.0 Å². The molecule has 1 fully saturated rings. The molecule has 1 aliphatic heterocycles. The zero-order chi connectivity index (χ0) is 18.6. The lowest BCUT2D eigenvalue weighted by molar-refractivity contribution is 0.0583. The van der Waals surface area contributed by atoms with Crippen molar-refractivity contribution < 1.29 is 27.5 Å². The topological polar surface area (TPSA) is 102 Å². The number of carbonyl (C=O) groups is 2. The molecule has 1 aromatic carbocycles. The molecule has 1 N–H and O–H groups in total. The first-order valence-electron chi connectivity index (χ1n) is 7.80. The van der Waals surface area contributed by atoms with Gasteiger partial charge in [-0.05, 0) is 44.1 Å². The van der Waals surface area contributed by atoms with E-state index in [1.54, 1.807) is 0 Å². The van der Waals surface area contributed by atoms with Gasteiger partial charge in [-0.3, -0.25) is 0 Å². The lowest BCUT2D eigenvalue weighted by atomic mass is 10.1. The number of sulfonamides is 1. The van der Waals surface area contributed by atoms with E-state index in [0.717, 1.165) is 6.42 Å². The Morgan fingerprint density at radius 1 is 1.24 bits per heavy atom. The summed E-state index contributed by atoms with van der Waals surface area (Å²) in [6.07, 6.45) is 0.727. The third-order valence-electron chi connectivity index (χ3n) is 4.17. The van der Waals surface area contributed by atoms with Gasteiger partial charge in [-0.2, -0.15) is 4.31 Å². The largest absolute Gasteiger partial charge is 0.465 e. The Morgan fingerprint density at radius 2 is 1.92 bits per heavy atom. The fourth-order valence-corrected chi connectivity index (χ4v) is 4.61. The molecule has 25 heavy (non-hydrogen) atoms. The fourth-order valence-electron chi connectivity index (χ4n) is 2.87. The molecule has 0 amide bonds. The number of nitrogens with zero attached hydrogens (tertiary/aromatic N) is 1. The smallest absolute Gasteiger partial charge is 0.339 e. The second kappa shape index (κ2) is 7.94. The van der Waals surface area contributed by atoms with Gasteiger partial charge in [0, 0.05) is 13.1 Å². The molecular weight excluding hydrogens is 348 g/mol. The van der Waals surface area contributed by atoms with Gasteiger partial charge in [0.1, 0.15) is 0 Å². The quantitative estimate of drug-likeness (QED) is 0.727. The minimum absolute atomic E-state index is 0.0553. The minimum atomic E-state index is -3.94. The fraction of sp³-hybridized carbons (Fsp3) is 0.500. The van der Waals surface area contributed by atoms with Gasteiger partial charge in [0.25, 0.3) is 0 Å². The highest BCUT2D eigenvalue weighted by molar-refractivity contribution is 7.89. The molecule has 0 radical (unpaired) electrons. The molecule has 2 rings (SSSR count). The molecule has 1 saturated heterocycles. The van der Waals surface area contributed by atoms with E-state index >= 15 is 0 Å². The summed E-state index contributed by atoms with van der Waals surface area (Å²) in [6, 6.07) is 3.77. The Kier molecular flexibility index (Phi) is 6.15. The van der Waals surface area contributed by atoms with Crippen LogP contribution in [0.1, 0.15) is 27.1 Å². The molecule has 1 aromatic rings. The van der Waals surface area contributed by atoms with Crippen LogP contribution in [0.2, 0.25) is 0 Å². The number of nitrogens with one attached hydrogen (secondary N) is 1. The van der Waals surface area contributed by atoms with Crippen LogP contribution in [0.3, 0.4) is 0 Å². The monoisotopic (exact) mass is 370 g/mol. The summed E-state index contributed by atoms with van der Waals surface area (Å²) in [4.78, 5) is 23.5. The number of hydrogen-bond donors (Lipinski definition) is 1. The maximum atomic E-state index is 13.0. The molecule has 9 heteroatoms. The molecule has 1 heterocycles. The summed E-state index contributed by atoms with van der Waals surface area (Å²) in [6.45, 7) is 1.42. The molecule has 1 aliphatic rings. The van der Waals surface area contributed by atoms with Crippen molar-refractivity contribution in [1.82, 2.24) is 9.62 Å². The van der Waals surface area contributed by atoms with Crippen molar-refractivity contribution in [2.75, 3.05) is 40.9 Å². The van der Waals surface area contributed by atoms with Gasteiger partial charge < -0.3 is 14.8 Å². The predicted molar refractivity (Wildman–Crippen MR) is 89.9 cm³/mol. The van der Waals surface area contributed by atoms with E-state index in [1.807, 2.05) is 7.05 Å². The summed E-state index contributed by atoms with van der Waals surface area (Å²) in [5.41, 5.74) is -0.0491. The Balaban J connectivity index is 2.47. The lowest BCUT2D eigenvalue weighted by Crippen LogP contribution is -2.31. The van der Waals surface area contributed by atoms with E-state index in [1.165, 1.54) is 36.7 Å². The maximum Gasteiger partial charge on any atom is 0.339 e. The predicted octanol–water partition coefficient (Wildman–Crippen LogP) is 0.490. The molecule has 0 bridgehead atoms. The normalized spacial score (nSPS) is 18.1. The average molecular weight is 370 g/mol. The maximum absolute atomic E-state index is 13.0. The van der Waals surface area contributed by atoms with Gasteiger partial charge in [0.15, 0.2) is 0 Å². The van der Waals surface area contributed by atoms with Gasteiger partial charge in [-0.1, -0.05) is 0 Å². The van der Waals surface area contributed by atoms with Gasteiger partial charge in [0.2, 0.25) is 10.0 Å². The van der Waals surface area contributed by atoms with E-state index < -0.39 is 22.0 Å². The zero-order valence-corrected chi connectivity index (χ0v) is 15.3. The number of benzene rings is 1. The van der Waals surface area contributed by atoms with Gasteiger partial charge in [-0.15, -0.1) is 0 Å². The van der Waals surface area contributed by atoms with Crippen molar-refractivity contribution in [2.24, 2.45) is 5.92 Å². The SMILES string of the molecule is CNCC1CCN(S(=O)(=O)c2cc(C(=O)OC)ccc2C(=O)OC)C1. The number of hydrogen-bond acceptors (Lipinski definition) is 7. The van der Waals surface area contributed by atoms with Crippen molar-refractivity contribution in [3.63, 3.8) is 0 Å². The van der Waals surface area contributed by atoms with Crippen molar-refractivity contribution in [2.45, 2.75) is 11.3 Å². The van der Waals surface area contributed by atoms with Crippen LogP contribution in [0.5, 0.6) is 0 Å². The molecule has 8 nitrogen and oxygen atoms in total. The average Bonchev–Trinajstić information content (AvgIpc) is 3.09. The summed E-state index contributed by atoms with van der Waals surface area (Å²) < 4.78 is 36.7. The summed E-state index contributed by atoms with van der Waals surface area (Å²) in [7, 11) is 0.243. The van der Waals surface area contributed by atoms with E-state index in [9.17, 15) is 18.0 Å². The Hall–Kier alpha value is -1.97. The highest BCUT2D eigenvalue weighted by Crippen LogP contribution is 2.27. The van der Waals surface area contributed by atoms with E-state index in [0.29, 0.717) is 19.6 Å². The second-order valence-corrected chi connectivity index (χ2v) is 7.68. The van der Waals surface area contributed by atoms with Gasteiger partial charge >= 0.3 is 11.9 Å². The van der Waals surface area contributed by atoms with Crippen LogP contribution in [-0.2, 0) is 19.5 Å². The van der Waals surface area contributed by atoms with E-state index in [2.05, 4.69) is 14.8 Å². The number of rotatable bonds is 6. The van der Waals surface area contributed by atoms with Crippen molar-refractivity contribution in [3.8, 4) is 0 Å². The van der Waals surface area contributed by atoms with Crippen molar-refractivity contribution in [1.29, 1.82) is 0 Å². The first-order chi connectivity index (χ1) is 11.8. The first-order valence-corrected chi connectivity index (χ1v) is 9.24. The third kappa shape index (κ3) is 4.00. The molecule has 0 aliphatic carbocycles. The molecule has 138 valence electrons. The number of methoxy groups -OCH3 is 2. The number of ether oxygens (including phenoxy) is 2. The molecule has 0 aromatic heterocycles. The highest BCUT2D eigenvalue weighted by atomic mass is 32.2. The van der Waals surface area contributed by atoms with Crippen LogP contribution in [0, 0.1) is 5.92 Å². The Bertz CT molecular complexity index is 762. The van der Waals surface area contributed by atoms with Crippen LogP contribution in [0.15, 0.2) is 23.1 Å². The standard InChI is InChI=1S/C16H22N2O6S/c1-17-9-11-6-7-18(10-11)25(21,22)14-8-12(15(19)23-2)4-5-13(14)16(20)24-3/h4-5,8,11,17H,6-7,9-10H2,1-3H3. The van der Waals surface area contributed by atoms with Crippen LogP contribution in [-0.4, -0.2) is 65.6 Å².